The summed E-state index contributed by atoms with van der Waals surface area (Å²) in [5.74, 6) is -7.28. The van der Waals surface area contributed by atoms with Crippen molar-refractivity contribution in [3.05, 3.63) is 30.6 Å². The highest BCUT2D eigenvalue weighted by Crippen LogP contribution is 2.39. The molecule has 0 bridgehead atoms. The molecular formula is C15H13F8N3O2. The van der Waals surface area contributed by atoms with E-state index >= 15 is 0 Å². The van der Waals surface area contributed by atoms with Crippen molar-refractivity contribution in [3.63, 3.8) is 0 Å². The normalized spacial score (nSPS) is 12.9. The minimum atomic E-state index is -5.93. The molecule has 0 saturated carbocycles. The quantitative estimate of drug-likeness (QED) is 0.690. The fraction of sp³-hybridized carbons (Fsp3) is 0.400. The predicted octanol–water partition coefficient (Wildman–Crippen LogP) is 3.98. The van der Waals surface area contributed by atoms with E-state index in [1.165, 1.54) is 17.1 Å². The van der Waals surface area contributed by atoms with Crippen LogP contribution in [0.25, 0.3) is 11.1 Å². The Morgan fingerprint density at radius 2 is 1.64 bits per heavy atom. The third-order valence-corrected chi connectivity index (χ3v) is 3.32. The Morgan fingerprint density at radius 3 is 2.21 bits per heavy atom. The van der Waals surface area contributed by atoms with E-state index < -0.39 is 36.6 Å². The smallest absolute Gasteiger partial charge is 0.483 e. The zero-order chi connectivity index (χ0) is 21.2. The van der Waals surface area contributed by atoms with Crippen molar-refractivity contribution in [2.24, 2.45) is 5.73 Å². The molecule has 0 spiro atoms. The second kappa shape index (κ2) is 7.81. The maximum Gasteiger partial charge on any atom is 0.573 e. The molecule has 1 heterocycles. The van der Waals surface area contributed by atoms with Crippen LogP contribution in [0.15, 0.2) is 30.6 Å². The molecule has 0 aliphatic rings. The average molecular weight is 419 g/mol. The van der Waals surface area contributed by atoms with E-state index in [2.05, 4.69) is 14.6 Å². The Bertz CT molecular complexity index is 801. The van der Waals surface area contributed by atoms with Gasteiger partial charge in [0.05, 0.1) is 12.7 Å². The van der Waals surface area contributed by atoms with E-state index in [1.54, 1.807) is 0 Å². The highest BCUT2D eigenvalue weighted by Gasteiger charge is 2.58. The molecular weight excluding hydrogens is 406 g/mol. The molecule has 0 aliphatic heterocycles. The Kier molecular flexibility index (Phi) is 6.06. The first kappa shape index (κ1) is 21.7. The van der Waals surface area contributed by atoms with Crippen LogP contribution in [0.5, 0.6) is 11.5 Å². The van der Waals surface area contributed by atoms with Crippen molar-refractivity contribution in [2.75, 3.05) is 13.2 Å². The first-order valence-corrected chi connectivity index (χ1v) is 7.52. The number of nitrogens with zero attached hydrogens (tertiary/aromatic N) is 2. The van der Waals surface area contributed by atoms with Gasteiger partial charge in [0, 0.05) is 18.3 Å². The zero-order valence-corrected chi connectivity index (χ0v) is 13.8. The third-order valence-electron chi connectivity index (χ3n) is 3.32. The average Bonchev–Trinajstić information content (AvgIpc) is 3.00. The van der Waals surface area contributed by atoms with Gasteiger partial charge in [0.15, 0.2) is 18.1 Å². The summed E-state index contributed by atoms with van der Waals surface area (Å²) < 4.78 is 110. The number of rotatable bonds is 7. The Labute approximate surface area is 152 Å². The minimum Gasteiger partial charge on any atom is -0.483 e. The molecule has 0 fully saturated rings. The maximum absolute atomic E-state index is 13.1. The van der Waals surface area contributed by atoms with E-state index in [4.69, 9.17) is 5.73 Å². The van der Waals surface area contributed by atoms with Crippen LogP contribution >= 0.6 is 0 Å². The summed E-state index contributed by atoms with van der Waals surface area (Å²) in [6.45, 7) is -1.64. The lowest BCUT2D eigenvalue weighted by atomic mass is 10.1. The van der Waals surface area contributed by atoms with E-state index in [0.29, 0.717) is 12.1 Å². The Hall–Kier alpha value is -2.57. The fourth-order valence-corrected chi connectivity index (χ4v) is 2.03. The van der Waals surface area contributed by atoms with E-state index in [0.717, 1.165) is 18.2 Å². The molecule has 2 rings (SSSR count). The van der Waals surface area contributed by atoms with Gasteiger partial charge in [-0.2, -0.15) is 27.1 Å². The second-order valence-electron chi connectivity index (χ2n) is 5.48. The number of aromatic nitrogens is 2. The van der Waals surface area contributed by atoms with Gasteiger partial charge in [0.1, 0.15) is 0 Å². The number of halogens is 8. The molecule has 5 nitrogen and oxygen atoms in total. The SMILES string of the molecule is NCCn1cc(-c2ccc(OC(F)(F)F)c(OCC(F)(F)C(F)(F)F)c2)cn1. The molecule has 0 unspecified atom stereocenters. The van der Waals surface area contributed by atoms with Crippen molar-refractivity contribution in [3.8, 4) is 22.6 Å². The lowest BCUT2D eigenvalue weighted by molar-refractivity contribution is -0.291. The summed E-state index contributed by atoms with van der Waals surface area (Å²) in [6.07, 6.45) is -8.37. The van der Waals surface area contributed by atoms with Gasteiger partial charge < -0.3 is 15.2 Å². The Morgan fingerprint density at radius 1 is 0.964 bits per heavy atom. The van der Waals surface area contributed by atoms with Crippen LogP contribution in [0, 0.1) is 0 Å². The van der Waals surface area contributed by atoms with Crippen molar-refractivity contribution in [1.82, 2.24) is 9.78 Å². The predicted molar refractivity (Wildman–Crippen MR) is 79.9 cm³/mol. The third kappa shape index (κ3) is 5.47. The van der Waals surface area contributed by atoms with Crippen LogP contribution in [-0.2, 0) is 6.54 Å². The Balaban J connectivity index is 2.34. The summed E-state index contributed by atoms with van der Waals surface area (Å²) in [5.41, 5.74) is 5.86. The lowest BCUT2D eigenvalue weighted by Crippen LogP contribution is -2.41. The second-order valence-corrected chi connectivity index (χ2v) is 5.48. The van der Waals surface area contributed by atoms with Gasteiger partial charge in [-0.1, -0.05) is 6.07 Å². The van der Waals surface area contributed by atoms with Gasteiger partial charge in [-0.3, -0.25) is 4.68 Å². The topological polar surface area (TPSA) is 62.3 Å². The van der Waals surface area contributed by atoms with Gasteiger partial charge in [0.2, 0.25) is 0 Å². The monoisotopic (exact) mass is 419 g/mol. The molecule has 28 heavy (non-hydrogen) atoms. The van der Waals surface area contributed by atoms with Crippen LogP contribution in [0.2, 0.25) is 0 Å². The highest BCUT2D eigenvalue weighted by atomic mass is 19.4. The van der Waals surface area contributed by atoms with Gasteiger partial charge in [-0.05, 0) is 17.7 Å². The minimum absolute atomic E-state index is 0.156. The molecule has 156 valence electrons. The zero-order valence-electron chi connectivity index (χ0n) is 13.8. The summed E-state index contributed by atoms with van der Waals surface area (Å²) in [5, 5.41) is 3.93. The molecule has 2 aromatic rings. The molecule has 0 aliphatic carbocycles. The summed E-state index contributed by atoms with van der Waals surface area (Å²) >= 11 is 0. The number of hydrogen-bond acceptors (Lipinski definition) is 4. The molecule has 0 radical (unpaired) electrons. The molecule has 1 aromatic heterocycles. The van der Waals surface area contributed by atoms with Crippen LogP contribution in [0.3, 0.4) is 0 Å². The van der Waals surface area contributed by atoms with Crippen LogP contribution < -0.4 is 15.2 Å². The number of alkyl halides is 8. The molecule has 0 saturated heterocycles. The molecule has 2 N–H and O–H groups in total. The number of ether oxygens (including phenoxy) is 2. The van der Waals surface area contributed by atoms with E-state index in [9.17, 15) is 35.1 Å². The summed E-state index contributed by atoms with van der Waals surface area (Å²) in [7, 11) is 0. The van der Waals surface area contributed by atoms with E-state index in [-0.39, 0.29) is 12.1 Å². The first-order valence-electron chi connectivity index (χ1n) is 7.52. The number of benzene rings is 1. The molecule has 0 atom stereocenters. The molecule has 0 amide bonds. The van der Waals surface area contributed by atoms with Gasteiger partial charge in [-0.25, -0.2) is 0 Å². The number of nitrogens with two attached hydrogens (primary N) is 1. The van der Waals surface area contributed by atoms with Gasteiger partial charge >= 0.3 is 18.5 Å². The maximum atomic E-state index is 13.1. The van der Waals surface area contributed by atoms with Crippen molar-refractivity contribution in [2.45, 2.75) is 25.0 Å². The fourth-order valence-electron chi connectivity index (χ4n) is 2.03. The molecule has 1 aromatic carbocycles. The first-order chi connectivity index (χ1) is 12.8. The number of hydrogen-bond donors (Lipinski definition) is 1. The van der Waals surface area contributed by atoms with Crippen LogP contribution in [0.4, 0.5) is 35.1 Å². The molecule has 13 heteroatoms. The van der Waals surface area contributed by atoms with Crippen molar-refractivity contribution >= 4 is 0 Å². The van der Waals surface area contributed by atoms with Gasteiger partial charge in [-0.15, -0.1) is 13.2 Å². The van der Waals surface area contributed by atoms with Crippen LogP contribution in [-0.4, -0.2) is 41.4 Å². The van der Waals surface area contributed by atoms with Crippen molar-refractivity contribution in [1.29, 1.82) is 0 Å². The van der Waals surface area contributed by atoms with Crippen LogP contribution in [0.1, 0.15) is 0 Å². The standard InChI is InChI=1S/C15H13F8N3O2/c16-13(17,14(18,19)20)8-27-12-5-9(1-2-11(12)28-15(21,22)23)10-6-25-26(7-10)4-3-24/h1-2,5-7H,3-4,8,24H2. The van der Waals surface area contributed by atoms with Gasteiger partial charge in [0.25, 0.3) is 0 Å². The highest BCUT2D eigenvalue weighted by molar-refractivity contribution is 5.66. The van der Waals surface area contributed by atoms with Crippen molar-refractivity contribution < 1.29 is 44.6 Å². The summed E-state index contributed by atoms with van der Waals surface area (Å²) in [4.78, 5) is 0. The largest absolute Gasteiger partial charge is 0.573 e. The van der Waals surface area contributed by atoms with E-state index in [1.807, 2.05) is 0 Å². The lowest BCUT2D eigenvalue weighted by Gasteiger charge is -2.21. The summed E-state index contributed by atoms with van der Waals surface area (Å²) in [6, 6.07) is 2.72.